The number of nitrogens with two attached hydrogens (primary N) is 1. The number of carbonyl (C=O) groups is 1. The van der Waals surface area contributed by atoms with E-state index in [4.69, 9.17) is 5.73 Å². The Bertz CT molecular complexity index is 644. The molecule has 1 rings (SSSR count). The molecule has 1 aromatic rings. The zero-order valence-corrected chi connectivity index (χ0v) is 12.1. The van der Waals surface area contributed by atoms with Crippen molar-refractivity contribution in [3.8, 4) is 0 Å². The second kappa shape index (κ2) is 6.99. The highest BCUT2D eigenvalue weighted by atomic mass is 32.2. The van der Waals surface area contributed by atoms with Gasteiger partial charge in [0.05, 0.1) is 11.5 Å². The Balaban J connectivity index is 3.28. The number of anilines is 1. The first kappa shape index (κ1) is 16.9. The van der Waals surface area contributed by atoms with Crippen molar-refractivity contribution >= 4 is 27.3 Å². The molecule has 0 aliphatic rings. The van der Waals surface area contributed by atoms with E-state index in [1.807, 2.05) is 11.6 Å². The molecular weight excluding hydrogens is 300 g/mol. The number of carbonyl (C=O) groups excluding carboxylic acids is 1. The second-order valence-electron chi connectivity index (χ2n) is 4.13. The van der Waals surface area contributed by atoms with Crippen LogP contribution in [0.25, 0.3) is 0 Å². The molecule has 1 aromatic carbocycles. The molecule has 0 saturated carbocycles. The first-order valence-corrected chi connectivity index (χ1v) is 7.57. The number of hydrogen-bond acceptors (Lipinski definition) is 6. The SMILES string of the molecule is CCCNc1cccc(S(=O)(=O)NCC(N)=O)c1[N+](=O)[O-]. The van der Waals surface area contributed by atoms with E-state index in [0.717, 1.165) is 6.07 Å². The van der Waals surface area contributed by atoms with Gasteiger partial charge in [0.15, 0.2) is 4.90 Å². The molecule has 116 valence electrons. The van der Waals surface area contributed by atoms with Crippen LogP contribution in [0.5, 0.6) is 0 Å². The maximum Gasteiger partial charge on any atom is 0.312 e. The molecule has 0 saturated heterocycles. The first-order chi connectivity index (χ1) is 9.79. The van der Waals surface area contributed by atoms with Crippen molar-refractivity contribution in [2.45, 2.75) is 18.2 Å². The molecule has 0 aromatic heterocycles. The molecule has 0 atom stereocenters. The van der Waals surface area contributed by atoms with Crippen molar-refractivity contribution in [1.82, 2.24) is 4.72 Å². The summed E-state index contributed by atoms with van der Waals surface area (Å²) in [5.74, 6) is -0.888. The summed E-state index contributed by atoms with van der Waals surface area (Å²) >= 11 is 0. The van der Waals surface area contributed by atoms with Crippen LogP contribution in [-0.2, 0) is 14.8 Å². The lowest BCUT2D eigenvalue weighted by molar-refractivity contribution is -0.386. The minimum Gasteiger partial charge on any atom is -0.379 e. The van der Waals surface area contributed by atoms with Crippen molar-refractivity contribution in [2.24, 2.45) is 5.73 Å². The fourth-order valence-corrected chi connectivity index (χ4v) is 2.76. The van der Waals surface area contributed by atoms with Crippen LogP contribution in [0.4, 0.5) is 11.4 Å². The van der Waals surface area contributed by atoms with E-state index in [1.54, 1.807) is 0 Å². The maximum atomic E-state index is 12.0. The van der Waals surface area contributed by atoms with E-state index in [9.17, 15) is 23.3 Å². The Morgan fingerprint density at radius 2 is 2.10 bits per heavy atom. The quantitative estimate of drug-likeness (QED) is 0.461. The van der Waals surface area contributed by atoms with Crippen molar-refractivity contribution in [2.75, 3.05) is 18.4 Å². The normalized spacial score (nSPS) is 11.1. The Morgan fingerprint density at radius 3 is 2.62 bits per heavy atom. The van der Waals surface area contributed by atoms with Gasteiger partial charge in [-0.05, 0) is 18.6 Å². The van der Waals surface area contributed by atoms with E-state index in [-0.39, 0.29) is 5.69 Å². The van der Waals surface area contributed by atoms with Gasteiger partial charge in [0, 0.05) is 6.54 Å². The summed E-state index contributed by atoms with van der Waals surface area (Å²) in [7, 11) is -4.21. The second-order valence-corrected chi connectivity index (χ2v) is 5.86. The number of para-hydroxylation sites is 1. The predicted molar refractivity (Wildman–Crippen MR) is 76.3 cm³/mol. The van der Waals surface area contributed by atoms with Crippen molar-refractivity contribution in [3.63, 3.8) is 0 Å². The van der Waals surface area contributed by atoms with Crippen LogP contribution in [0.15, 0.2) is 23.1 Å². The monoisotopic (exact) mass is 316 g/mol. The van der Waals surface area contributed by atoms with Crippen LogP contribution in [-0.4, -0.2) is 32.3 Å². The van der Waals surface area contributed by atoms with Crippen molar-refractivity contribution in [1.29, 1.82) is 0 Å². The van der Waals surface area contributed by atoms with E-state index in [0.29, 0.717) is 13.0 Å². The Morgan fingerprint density at radius 1 is 1.43 bits per heavy atom. The molecule has 0 aliphatic carbocycles. The molecular formula is C11H16N4O5S. The van der Waals surface area contributed by atoms with E-state index in [1.165, 1.54) is 12.1 Å². The Hall–Kier alpha value is -2.20. The third-order valence-electron chi connectivity index (χ3n) is 2.47. The predicted octanol–water partition coefficient (Wildman–Crippen LogP) is 0.180. The number of nitro benzene ring substituents is 1. The fraction of sp³-hybridized carbons (Fsp3) is 0.364. The van der Waals surface area contributed by atoms with Gasteiger partial charge < -0.3 is 11.1 Å². The molecule has 0 heterocycles. The molecule has 9 nitrogen and oxygen atoms in total. The Labute approximate surface area is 121 Å². The molecule has 0 unspecified atom stereocenters. The van der Waals surface area contributed by atoms with Crippen LogP contribution in [0.1, 0.15) is 13.3 Å². The lowest BCUT2D eigenvalue weighted by Gasteiger charge is -2.10. The fourth-order valence-electron chi connectivity index (χ4n) is 1.57. The van der Waals surface area contributed by atoms with Gasteiger partial charge in [-0.2, -0.15) is 0 Å². The molecule has 0 spiro atoms. The summed E-state index contributed by atoms with van der Waals surface area (Å²) in [6.07, 6.45) is 0.716. The summed E-state index contributed by atoms with van der Waals surface area (Å²) in [6, 6.07) is 3.89. The number of nitro groups is 1. The van der Waals surface area contributed by atoms with E-state index >= 15 is 0 Å². The third kappa shape index (κ3) is 4.39. The maximum absolute atomic E-state index is 12.0. The number of benzene rings is 1. The highest BCUT2D eigenvalue weighted by molar-refractivity contribution is 7.89. The van der Waals surface area contributed by atoms with Crippen LogP contribution < -0.4 is 15.8 Å². The van der Waals surface area contributed by atoms with Gasteiger partial charge in [-0.3, -0.25) is 14.9 Å². The zero-order valence-electron chi connectivity index (χ0n) is 11.3. The smallest absolute Gasteiger partial charge is 0.312 e. The lowest BCUT2D eigenvalue weighted by atomic mass is 10.2. The van der Waals surface area contributed by atoms with Crippen molar-refractivity contribution in [3.05, 3.63) is 28.3 Å². The third-order valence-corrected chi connectivity index (χ3v) is 3.91. The van der Waals surface area contributed by atoms with Crippen LogP contribution in [0.2, 0.25) is 0 Å². The largest absolute Gasteiger partial charge is 0.379 e. The standard InChI is InChI=1S/C11H16N4O5S/c1-2-6-13-8-4-3-5-9(11(8)15(17)18)21(19,20)14-7-10(12)16/h3-5,13-14H,2,6-7H2,1H3,(H2,12,16). The summed E-state index contributed by atoms with van der Waals surface area (Å²) in [5.41, 5.74) is 4.39. The molecule has 4 N–H and O–H groups in total. The highest BCUT2D eigenvalue weighted by Crippen LogP contribution is 2.31. The lowest BCUT2D eigenvalue weighted by Crippen LogP contribution is -2.33. The number of hydrogen-bond donors (Lipinski definition) is 3. The van der Waals surface area contributed by atoms with Gasteiger partial charge in [-0.1, -0.05) is 13.0 Å². The van der Waals surface area contributed by atoms with Gasteiger partial charge >= 0.3 is 5.69 Å². The summed E-state index contributed by atoms with van der Waals surface area (Å²) in [6.45, 7) is 1.69. The van der Waals surface area contributed by atoms with Gasteiger partial charge in [0.1, 0.15) is 5.69 Å². The molecule has 1 amide bonds. The molecule has 0 radical (unpaired) electrons. The molecule has 0 bridgehead atoms. The zero-order chi connectivity index (χ0) is 16.0. The van der Waals surface area contributed by atoms with Gasteiger partial charge in [-0.15, -0.1) is 0 Å². The molecule has 21 heavy (non-hydrogen) atoms. The van der Waals surface area contributed by atoms with Crippen LogP contribution in [0.3, 0.4) is 0 Å². The number of rotatable bonds is 8. The van der Waals surface area contributed by atoms with Gasteiger partial charge in [0.25, 0.3) is 0 Å². The molecule has 0 aliphatic heterocycles. The first-order valence-electron chi connectivity index (χ1n) is 6.08. The number of nitrogens with one attached hydrogen (secondary N) is 2. The van der Waals surface area contributed by atoms with Crippen molar-refractivity contribution < 1.29 is 18.1 Å². The minimum absolute atomic E-state index is 0.101. The summed E-state index contributed by atoms with van der Waals surface area (Å²) < 4.78 is 26.0. The van der Waals surface area contributed by atoms with E-state index < -0.39 is 38.0 Å². The number of sulfonamides is 1. The number of primary amides is 1. The molecule has 0 fully saturated rings. The average molecular weight is 316 g/mol. The van der Waals surface area contributed by atoms with Crippen LogP contribution in [0, 0.1) is 10.1 Å². The minimum atomic E-state index is -4.21. The van der Waals surface area contributed by atoms with Gasteiger partial charge in [-0.25, -0.2) is 13.1 Å². The highest BCUT2D eigenvalue weighted by Gasteiger charge is 2.28. The number of amides is 1. The van der Waals surface area contributed by atoms with Gasteiger partial charge in [0.2, 0.25) is 15.9 Å². The summed E-state index contributed by atoms with van der Waals surface area (Å²) in [5, 5.41) is 14.0. The van der Waals surface area contributed by atoms with E-state index in [2.05, 4.69) is 5.32 Å². The topological polar surface area (TPSA) is 144 Å². The Kier molecular flexibility index (Phi) is 5.61. The number of nitrogens with zero attached hydrogens (tertiary/aromatic N) is 1. The summed E-state index contributed by atoms with van der Waals surface area (Å²) in [4.78, 5) is 20.5. The average Bonchev–Trinajstić information content (AvgIpc) is 2.42. The van der Waals surface area contributed by atoms with Crippen LogP contribution >= 0.6 is 0 Å². The molecule has 10 heteroatoms.